The zero-order valence-corrected chi connectivity index (χ0v) is 19.1. The van der Waals surface area contributed by atoms with Gasteiger partial charge in [-0.25, -0.2) is 0 Å². The lowest BCUT2D eigenvalue weighted by Gasteiger charge is -2.34. The number of halogens is 1. The van der Waals surface area contributed by atoms with E-state index >= 15 is 0 Å². The summed E-state index contributed by atoms with van der Waals surface area (Å²) in [7, 11) is 3.74. The monoisotopic (exact) mass is 510 g/mol. The van der Waals surface area contributed by atoms with E-state index in [0.717, 1.165) is 55.5 Å². The summed E-state index contributed by atoms with van der Waals surface area (Å²) >= 11 is 0. The predicted octanol–water partition coefficient (Wildman–Crippen LogP) is 1.66. The Morgan fingerprint density at radius 3 is 3.03 bits per heavy atom. The Hall–Kier alpha value is -2.21. The summed E-state index contributed by atoms with van der Waals surface area (Å²) in [6, 6.07) is 5.94. The standard InChI is InChI=1S/C19H26N8O.HI/c1-20-19(26-10-11-28-16(14-26)15-12-22-25(2)13-15)21-8-5-7-18-24-23-17-6-3-4-9-27(17)18;/h3-4,6,9,12-13,16H,5,7-8,10-11,14H2,1-2H3,(H,20,21);1H. The normalized spacial score (nSPS) is 17.4. The maximum Gasteiger partial charge on any atom is 0.193 e. The zero-order chi connectivity index (χ0) is 19.3. The highest BCUT2D eigenvalue weighted by Crippen LogP contribution is 2.21. The SMILES string of the molecule is CN=C(NCCCc1nnc2ccccn12)N1CCOC(c2cnn(C)c2)C1.I. The molecule has 1 atom stereocenters. The van der Waals surface area contributed by atoms with Crippen LogP contribution in [0.25, 0.3) is 5.65 Å². The third kappa shape index (κ3) is 5.04. The lowest BCUT2D eigenvalue weighted by atomic mass is 10.1. The van der Waals surface area contributed by atoms with Crippen molar-refractivity contribution >= 4 is 35.6 Å². The van der Waals surface area contributed by atoms with Crippen molar-refractivity contribution in [1.82, 2.24) is 34.6 Å². The van der Waals surface area contributed by atoms with Crippen LogP contribution in [0.3, 0.4) is 0 Å². The van der Waals surface area contributed by atoms with Gasteiger partial charge in [-0.2, -0.15) is 5.10 Å². The number of ether oxygens (including phenoxy) is 1. The van der Waals surface area contributed by atoms with Crippen molar-refractivity contribution in [1.29, 1.82) is 0 Å². The Morgan fingerprint density at radius 1 is 1.34 bits per heavy atom. The molecule has 0 aromatic carbocycles. The minimum Gasteiger partial charge on any atom is -0.370 e. The molecule has 0 aliphatic carbocycles. The lowest BCUT2D eigenvalue weighted by Crippen LogP contribution is -2.48. The maximum absolute atomic E-state index is 5.92. The van der Waals surface area contributed by atoms with Gasteiger partial charge in [-0.1, -0.05) is 6.07 Å². The van der Waals surface area contributed by atoms with Crippen molar-refractivity contribution in [3.8, 4) is 0 Å². The first kappa shape index (κ1) is 21.5. The molecule has 10 heteroatoms. The van der Waals surface area contributed by atoms with Crippen molar-refractivity contribution < 1.29 is 4.74 Å². The van der Waals surface area contributed by atoms with Crippen LogP contribution in [0.4, 0.5) is 0 Å². The fourth-order valence-electron chi connectivity index (χ4n) is 3.49. The van der Waals surface area contributed by atoms with Crippen molar-refractivity contribution in [2.75, 3.05) is 33.3 Å². The number of rotatable bonds is 5. The predicted molar refractivity (Wildman–Crippen MR) is 122 cm³/mol. The first-order chi connectivity index (χ1) is 13.7. The molecule has 29 heavy (non-hydrogen) atoms. The summed E-state index contributed by atoms with van der Waals surface area (Å²) in [6.45, 7) is 3.08. The van der Waals surface area contributed by atoms with Gasteiger partial charge in [0, 0.05) is 51.6 Å². The van der Waals surface area contributed by atoms with Gasteiger partial charge in [0.25, 0.3) is 0 Å². The Morgan fingerprint density at radius 2 is 2.24 bits per heavy atom. The van der Waals surface area contributed by atoms with Gasteiger partial charge in [0.1, 0.15) is 11.9 Å². The second-order valence-corrected chi connectivity index (χ2v) is 6.88. The summed E-state index contributed by atoms with van der Waals surface area (Å²) in [5, 5.41) is 16.2. The molecular weight excluding hydrogens is 483 g/mol. The zero-order valence-electron chi connectivity index (χ0n) is 16.7. The molecule has 0 spiro atoms. The minimum absolute atomic E-state index is 0. The molecule has 4 heterocycles. The highest BCUT2D eigenvalue weighted by molar-refractivity contribution is 14.0. The average Bonchev–Trinajstić information content (AvgIpc) is 3.35. The highest BCUT2D eigenvalue weighted by Gasteiger charge is 2.25. The van der Waals surface area contributed by atoms with E-state index in [-0.39, 0.29) is 30.1 Å². The van der Waals surface area contributed by atoms with Crippen molar-refractivity contribution in [2.45, 2.75) is 18.9 Å². The summed E-state index contributed by atoms with van der Waals surface area (Å²) in [5.74, 6) is 1.89. The molecule has 0 saturated carbocycles. The molecule has 1 aliphatic rings. The van der Waals surface area contributed by atoms with Crippen LogP contribution in [0, 0.1) is 0 Å². The first-order valence-corrected chi connectivity index (χ1v) is 9.59. The molecule has 4 rings (SSSR count). The summed E-state index contributed by atoms with van der Waals surface area (Å²) < 4.78 is 9.76. The number of aryl methyl sites for hydroxylation is 2. The fourth-order valence-corrected chi connectivity index (χ4v) is 3.49. The molecule has 1 unspecified atom stereocenters. The van der Waals surface area contributed by atoms with E-state index in [1.165, 1.54) is 0 Å². The number of hydrogen-bond acceptors (Lipinski definition) is 5. The van der Waals surface area contributed by atoms with Crippen LogP contribution < -0.4 is 5.32 Å². The molecule has 1 saturated heterocycles. The van der Waals surface area contributed by atoms with Crippen molar-refractivity contribution in [2.24, 2.45) is 12.0 Å². The number of nitrogens with zero attached hydrogens (tertiary/aromatic N) is 7. The van der Waals surface area contributed by atoms with Crippen molar-refractivity contribution in [3.05, 3.63) is 48.2 Å². The van der Waals surface area contributed by atoms with Gasteiger partial charge in [0.2, 0.25) is 0 Å². The quantitative estimate of drug-likeness (QED) is 0.243. The molecule has 1 fully saturated rings. The molecule has 0 amide bonds. The number of pyridine rings is 1. The third-order valence-corrected chi connectivity index (χ3v) is 4.92. The topological polar surface area (TPSA) is 84.9 Å². The molecule has 3 aromatic heterocycles. The molecule has 156 valence electrons. The van der Waals surface area contributed by atoms with Gasteiger partial charge < -0.3 is 15.0 Å². The number of nitrogens with one attached hydrogen (secondary N) is 1. The third-order valence-electron chi connectivity index (χ3n) is 4.92. The van der Waals surface area contributed by atoms with Crippen LogP contribution in [-0.4, -0.2) is 68.5 Å². The average molecular weight is 510 g/mol. The van der Waals surface area contributed by atoms with Crippen LogP contribution in [0.15, 0.2) is 41.8 Å². The largest absolute Gasteiger partial charge is 0.370 e. The van der Waals surface area contributed by atoms with Crippen LogP contribution >= 0.6 is 24.0 Å². The summed E-state index contributed by atoms with van der Waals surface area (Å²) in [4.78, 5) is 6.70. The fraction of sp³-hybridized carbons (Fsp3) is 0.474. The molecule has 9 nitrogen and oxygen atoms in total. The molecular formula is C19H27IN8O. The second-order valence-electron chi connectivity index (χ2n) is 6.88. The van der Waals surface area contributed by atoms with Crippen LogP contribution in [0.5, 0.6) is 0 Å². The van der Waals surface area contributed by atoms with Crippen LogP contribution in [-0.2, 0) is 18.2 Å². The van der Waals surface area contributed by atoms with Gasteiger partial charge in [-0.3, -0.25) is 14.1 Å². The van der Waals surface area contributed by atoms with E-state index in [1.54, 1.807) is 4.68 Å². The van der Waals surface area contributed by atoms with Gasteiger partial charge in [0.15, 0.2) is 11.6 Å². The van der Waals surface area contributed by atoms with Gasteiger partial charge in [-0.05, 0) is 18.6 Å². The van der Waals surface area contributed by atoms with Gasteiger partial charge in [-0.15, -0.1) is 34.2 Å². The number of hydrogen-bond donors (Lipinski definition) is 1. The maximum atomic E-state index is 5.92. The highest BCUT2D eigenvalue weighted by atomic mass is 127. The number of guanidine groups is 1. The molecule has 3 aromatic rings. The first-order valence-electron chi connectivity index (χ1n) is 9.59. The number of morpholine rings is 1. The van der Waals surface area contributed by atoms with E-state index in [4.69, 9.17) is 4.74 Å². The van der Waals surface area contributed by atoms with E-state index in [1.807, 2.05) is 55.3 Å². The number of aliphatic imine (C=N–C) groups is 1. The van der Waals surface area contributed by atoms with Gasteiger partial charge >= 0.3 is 0 Å². The Labute approximate surface area is 187 Å². The molecule has 0 radical (unpaired) electrons. The van der Waals surface area contributed by atoms with E-state index < -0.39 is 0 Å². The molecule has 1 N–H and O–H groups in total. The van der Waals surface area contributed by atoms with E-state index in [2.05, 4.69) is 30.5 Å². The van der Waals surface area contributed by atoms with Gasteiger partial charge in [0.05, 0.1) is 19.3 Å². The second kappa shape index (κ2) is 10.0. The van der Waals surface area contributed by atoms with Crippen LogP contribution in [0.1, 0.15) is 23.9 Å². The molecule has 1 aliphatic heterocycles. The summed E-state index contributed by atoms with van der Waals surface area (Å²) in [5.41, 5.74) is 1.98. The number of fused-ring (bicyclic) bond motifs is 1. The number of aromatic nitrogens is 5. The lowest BCUT2D eigenvalue weighted by molar-refractivity contribution is -0.00801. The Bertz CT molecular complexity index is 952. The molecule has 0 bridgehead atoms. The Balaban J connectivity index is 0.00000240. The van der Waals surface area contributed by atoms with E-state index in [0.29, 0.717) is 6.61 Å². The van der Waals surface area contributed by atoms with E-state index in [9.17, 15) is 0 Å². The Kier molecular flexibility index (Phi) is 7.42. The summed E-state index contributed by atoms with van der Waals surface area (Å²) in [6.07, 6.45) is 7.70. The smallest absolute Gasteiger partial charge is 0.193 e. The van der Waals surface area contributed by atoms with Crippen molar-refractivity contribution in [3.63, 3.8) is 0 Å². The van der Waals surface area contributed by atoms with Crippen LogP contribution in [0.2, 0.25) is 0 Å². The minimum atomic E-state index is 0.